The lowest BCUT2D eigenvalue weighted by atomic mass is 9.97. The number of benzene rings is 2. The maximum absolute atomic E-state index is 6.20. The fraction of sp³-hybridized carbons (Fsp3) is 0.393. The first-order valence-corrected chi connectivity index (χ1v) is 12.5. The molecule has 3 aliphatic heterocycles. The van der Waals surface area contributed by atoms with Crippen LogP contribution < -0.4 is 15.2 Å². The van der Waals surface area contributed by atoms with Gasteiger partial charge in [-0.1, -0.05) is 18.2 Å². The summed E-state index contributed by atoms with van der Waals surface area (Å²) < 4.78 is 13.5. The third kappa shape index (κ3) is 4.36. The molecule has 3 aliphatic rings. The molecule has 0 aliphatic carbocycles. The van der Waals surface area contributed by atoms with Crippen LogP contribution in [0, 0.1) is 0 Å². The van der Waals surface area contributed by atoms with Crippen molar-refractivity contribution < 1.29 is 9.47 Å². The topological polar surface area (TPSA) is 42.8 Å². The molecule has 4 heterocycles. The van der Waals surface area contributed by atoms with Crippen molar-refractivity contribution in [2.24, 2.45) is 0 Å². The Morgan fingerprint density at radius 2 is 1.85 bits per heavy atom. The third-order valence-electron chi connectivity index (χ3n) is 7.18. The third-order valence-corrected chi connectivity index (χ3v) is 7.18. The molecule has 176 valence electrons. The van der Waals surface area contributed by atoms with E-state index < -0.39 is 0 Å². The van der Waals surface area contributed by atoms with Crippen molar-refractivity contribution in [3.05, 3.63) is 76.9 Å². The number of hydrogen-bond donors (Lipinski definition) is 0. The van der Waals surface area contributed by atoms with Gasteiger partial charge in [0.05, 0.1) is 25.5 Å². The summed E-state index contributed by atoms with van der Waals surface area (Å²) in [7, 11) is 0. The zero-order valence-electron chi connectivity index (χ0n) is 19.7. The normalized spacial score (nSPS) is 18.2. The van der Waals surface area contributed by atoms with Gasteiger partial charge >= 0.3 is 0 Å². The zero-order valence-corrected chi connectivity index (χ0v) is 19.7. The Bertz CT molecular complexity index is 1240. The van der Waals surface area contributed by atoms with Crippen LogP contribution in [0.25, 0.3) is 17.0 Å². The molecular formula is C28H32N4O2. The van der Waals surface area contributed by atoms with Gasteiger partial charge in [-0.3, -0.25) is 4.90 Å². The van der Waals surface area contributed by atoms with Gasteiger partial charge in [-0.2, -0.15) is 5.10 Å². The molecule has 3 aromatic rings. The van der Waals surface area contributed by atoms with Gasteiger partial charge in [0.15, 0.2) is 0 Å². The predicted octanol–water partition coefficient (Wildman–Crippen LogP) is 2.39. The van der Waals surface area contributed by atoms with Crippen LogP contribution in [0.15, 0.2) is 60.9 Å². The smallest absolute Gasteiger partial charge is 0.119 e. The minimum atomic E-state index is 0.751. The Labute approximate surface area is 200 Å². The molecule has 0 spiro atoms. The van der Waals surface area contributed by atoms with Crippen LogP contribution in [0.2, 0.25) is 0 Å². The lowest BCUT2D eigenvalue weighted by Gasteiger charge is -2.27. The second kappa shape index (κ2) is 9.65. The first-order valence-electron chi connectivity index (χ1n) is 12.5. The van der Waals surface area contributed by atoms with Crippen LogP contribution in [-0.2, 0) is 4.74 Å². The van der Waals surface area contributed by atoms with Crippen molar-refractivity contribution >= 4 is 11.3 Å². The van der Waals surface area contributed by atoms with Crippen LogP contribution >= 0.6 is 0 Å². The highest BCUT2D eigenvalue weighted by molar-refractivity contribution is 5.72. The predicted molar refractivity (Wildman–Crippen MR) is 133 cm³/mol. The first kappa shape index (κ1) is 21.4. The molecule has 6 rings (SSSR count). The Balaban J connectivity index is 1.25. The fourth-order valence-electron chi connectivity index (χ4n) is 5.39. The average Bonchev–Trinajstić information content (AvgIpc) is 3.59. The molecule has 0 atom stereocenters. The molecule has 2 saturated heterocycles. The second-order valence-corrected chi connectivity index (χ2v) is 9.31. The van der Waals surface area contributed by atoms with E-state index in [0.29, 0.717) is 0 Å². The van der Waals surface area contributed by atoms with E-state index in [-0.39, 0.29) is 0 Å². The van der Waals surface area contributed by atoms with Crippen molar-refractivity contribution in [1.82, 2.24) is 19.6 Å². The van der Waals surface area contributed by atoms with Crippen LogP contribution in [0.5, 0.6) is 5.75 Å². The van der Waals surface area contributed by atoms with Crippen LogP contribution in [-0.4, -0.2) is 72.1 Å². The van der Waals surface area contributed by atoms with Gasteiger partial charge in [0.25, 0.3) is 0 Å². The van der Waals surface area contributed by atoms with E-state index >= 15 is 0 Å². The molecule has 6 heteroatoms. The van der Waals surface area contributed by atoms with Crippen LogP contribution in [0.4, 0.5) is 0 Å². The van der Waals surface area contributed by atoms with Crippen LogP contribution in [0.3, 0.4) is 0 Å². The van der Waals surface area contributed by atoms with Crippen molar-refractivity contribution in [3.8, 4) is 11.4 Å². The zero-order chi connectivity index (χ0) is 22.7. The standard InChI is InChI=1S/C28H32N4O2/c1-4-28-26-20-24(34-17-3-12-30-15-18-33-19-16-30)9-10-25(26)27(21-31(28)13-1)22-5-7-23(8-6-22)32-14-2-11-29-32/h2,5-11,14,20H,1,3-4,12-13,15-19,21H2. The van der Waals surface area contributed by atoms with Crippen molar-refractivity contribution in [1.29, 1.82) is 0 Å². The van der Waals surface area contributed by atoms with Crippen LogP contribution in [0.1, 0.15) is 24.8 Å². The number of rotatable bonds is 7. The van der Waals surface area contributed by atoms with Crippen molar-refractivity contribution in [3.63, 3.8) is 0 Å². The molecule has 6 nitrogen and oxygen atoms in total. The van der Waals surface area contributed by atoms with Gasteiger partial charge in [-0.25, -0.2) is 4.68 Å². The van der Waals surface area contributed by atoms with Crippen molar-refractivity contribution in [2.75, 3.05) is 52.5 Å². The highest BCUT2D eigenvalue weighted by Crippen LogP contribution is 2.27. The molecule has 0 radical (unpaired) electrons. The first-order chi connectivity index (χ1) is 16.8. The molecule has 0 N–H and O–H groups in total. The second-order valence-electron chi connectivity index (χ2n) is 9.31. The minimum Gasteiger partial charge on any atom is -0.494 e. The summed E-state index contributed by atoms with van der Waals surface area (Å²) in [6.45, 7) is 7.71. The minimum absolute atomic E-state index is 0.751. The quantitative estimate of drug-likeness (QED) is 0.511. The molecule has 1 aromatic heterocycles. The highest BCUT2D eigenvalue weighted by Gasteiger charge is 2.24. The Hall–Kier alpha value is -3.09. The fourth-order valence-corrected chi connectivity index (χ4v) is 5.39. The Morgan fingerprint density at radius 3 is 2.68 bits per heavy atom. The summed E-state index contributed by atoms with van der Waals surface area (Å²) in [5.74, 6) is 0.982. The Kier molecular flexibility index (Phi) is 6.08. The number of aromatic nitrogens is 2. The molecule has 0 saturated carbocycles. The monoisotopic (exact) mass is 456 g/mol. The molecule has 0 amide bonds. The lowest BCUT2D eigenvalue weighted by Crippen LogP contribution is -2.41. The summed E-state index contributed by atoms with van der Waals surface area (Å²) in [5, 5.41) is 7.05. The number of morpholine rings is 1. The number of nitrogens with zero attached hydrogens (tertiary/aromatic N) is 4. The summed E-state index contributed by atoms with van der Waals surface area (Å²) in [6, 6.07) is 17.4. The molecular weight excluding hydrogens is 424 g/mol. The lowest BCUT2D eigenvalue weighted by molar-refractivity contribution is 0.0358. The summed E-state index contributed by atoms with van der Waals surface area (Å²) in [6.07, 6.45) is 7.21. The van der Waals surface area contributed by atoms with E-state index in [1.54, 1.807) is 0 Å². The maximum Gasteiger partial charge on any atom is 0.119 e. The molecule has 34 heavy (non-hydrogen) atoms. The SMILES string of the molecule is c1cnn(-c2ccc(C3=c4ccc(OCCCN5CCOCC5)cc4=C4CCCN4C3)cc2)c1. The average molecular weight is 457 g/mol. The van der Waals surface area contributed by atoms with Crippen molar-refractivity contribution in [2.45, 2.75) is 19.3 Å². The van der Waals surface area contributed by atoms with Gasteiger partial charge in [0.1, 0.15) is 5.75 Å². The molecule has 0 unspecified atom stereocenters. The number of fused-ring (bicyclic) bond motifs is 2. The van der Waals surface area contributed by atoms with Gasteiger partial charge < -0.3 is 14.4 Å². The summed E-state index contributed by atoms with van der Waals surface area (Å²) in [4.78, 5) is 5.02. The highest BCUT2D eigenvalue weighted by atomic mass is 16.5. The van der Waals surface area contributed by atoms with E-state index in [1.807, 2.05) is 23.1 Å². The molecule has 2 aromatic carbocycles. The van der Waals surface area contributed by atoms with Gasteiger partial charge in [-0.05, 0) is 65.9 Å². The maximum atomic E-state index is 6.20. The summed E-state index contributed by atoms with van der Waals surface area (Å²) in [5.41, 5.74) is 5.24. The summed E-state index contributed by atoms with van der Waals surface area (Å²) >= 11 is 0. The Morgan fingerprint density at radius 1 is 0.971 bits per heavy atom. The van der Waals surface area contributed by atoms with E-state index in [9.17, 15) is 0 Å². The molecule has 0 bridgehead atoms. The number of ether oxygens (including phenoxy) is 2. The van der Waals surface area contributed by atoms with E-state index in [4.69, 9.17) is 9.47 Å². The van der Waals surface area contributed by atoms with Gasteiger partial charge in [-0.15, -0.1) is 0 Å². The molecule has 2 fully saturated rings. The van der Waals surface area contributed by atoms with E-state index in [1.165, 1.54) is 33.7 Å². The van der Waals surface area contributed by atoms with Gasteiger partial charge in [0.2, 0.25) is 0 Å². The largest absolute Gasteiger partial charge is 0.494 e. The number of hydrogen-bond acceptors (Lipinski definition) is 5. The van der Waals surface area contributed by atoms with E-state index in [2.05, 4.69) is 57.4 Å². The van der Waals surface area contributed by atoms with Gasteiger partial charge in [0, 0.05) is 56.0 Å². The van der Waals surface area contributed by atoms with E-state index in [0.717, 1.165) is 76.8 Å².